The smallest absolute Gasteiger partial charge is 0.227 e. The Morgan fingerprint density at radius 2 is 1.91 bits per heavy atom. The van der Waals surface area contributed by atoms with Gasteiger partial charge in [0.15, 0.2) is 0 Å². The van der Waals surface area contributed by atoms with Gasteiger partial charge in [-0.05, 0) is 37.0 Å². The van der Waals surface area contributed by atoms with E-state index in [4.69, 9.17) is 10.5 Å². The maximum atomic E-state index is 5.78. The molecule has 22 heavy (non-hydrogen) atoms. The summed E-state index contributed by atoms with van der Waals surface area (Å²) in [6.45, 7) is 7.04. The van der Waals surface area contributed by atoms with Gasteiger partial charge in [-0.1, -0.05) is 26.0 Å². The van der Waals surface area contributed by atoms with Crippen molar-refractivity contribution >= 4 is 11.9 Å². The number of nitrogen functional groups attached to an aromatic ring is 1. The summed E-state index contributed by atoms with van der Waals surface area (Å²) in [6, 6.07) is 8.20. The summed E-state index contributed by atoms with van der Waals surface area (Å²) in [5.41, 5.74) is 6.76. The molecule has 2 aromatic rings. The van der Waals surface area contributed by atoms with Crippen molar-refractivity contribution in [2.45, 2.75) is 39.2 Å². The molecule has 6 nitrogen and oxygen atoms in total. The molecule has 0 aliphatic rings. The summed E-state index contributed by atoms with van der Waals surface area (Å²) < 4.78 is 5.78. The first-order chi connectivity index (χ1) is 10.6. The van der Waals surface area contributed by atoms with Gasteiger partial charge in [0.2, 0.25) is 11.9 Å². The lowest BCUT2D eigenvalue weighted by molar-refractivity contribution is 0.217. The number of rotatable bonds is 7. The lowest BCUT2D eigenvalue weighted by atomic mass is 10.0. The molecular weight excluding hydrogens is 278 g/mol. The molecule has 0 aliphatic heterocycles. The topological polar surface area (TPSA) is 86.0 Å². The number of nitrogens with two attached hydrogens (primary N) is 1. The average molecular weight is 301 g/mol. The van der Waals surface area contributed by atoms with E-state index in [1.807, 2.05) is 12.1 Å². The van der Waals surface area contributed by atoms with Crippen molar-refractivity contribution in [3.8, 4) is 5.75 Å². The molecule has 0 fully saturated rings. The van der Waals surface area contributed by atoms with E-state index in [-0.39, 0.29) is 12.1 Å². The highest BCUT2D eigenvalue weighted by Gasteiger charge is 2.08. The molecule has 2 rings (SSSR count). The molecule has 0 saturated heterocycles. The van der Waals surface area contributed by atoms with Gasteiger partial charge in [-0.2, -0.15) is 4.98 Å². The molecule has 1 heterocycles. The Kier molecular flexibility index (Phi) is 5.52. The normalized spacial score (nSPS) is 13.4. The second kappa shape index (κ2) is 7.59. The minimum absolute atomic E-state index is 0.219. The highest BCUT2D eigenvalue weighted by Crippen LogP contribution is 2.20. The number of nitrogens with one attached hydrogen (secondary N) is 1. The summed E-state index contributed by atoms with van der Waals surface area (Å²) in [5.74, 6) is 1.94. The van der Waals surface area contributed by atoms with Crippen molar-refractivity contribution in [3.05, 3.63) is 36.2 Å². The Morgan fingerprint density at radius 1 is 1.18 bits per heavy atom. The third-order valence-corrected chi connectivity index (χ3v) is 3.52. The van der Waals surface area contributed by atoms with Gasteiger partial charge < -0.3 is 15.8 Å². The highest BCUT2D eigenvalue weighted by atomic mass is 16.5. The van der Waals surface area contributed by atoms with Crippen LogP contribution in [0.2, 0.25) is 0 Å². The van der Waals surface area contributed by atoms with Gasteiger partial charge in [0, 0.05) is 6.54 Å². The lowest BCUT2D eigenvalue weighted by Crippen LogP contribution is -2.13. The first-order valence-electron chi connectivity index (χ1n) is 7.53. The van der Waals surface area contributed by atoms with Gasteiger partial charge >= 0.3 is 0 Å². The van der Waals surface area contributed by atoms with Crippen LogP contribution in [0.1, 0.15) is 38.7 Å². The standard InChI is InChI=1S/C16H23N5O/c1-4-12(3)22-14-7-5-13(6-8-14)11(2)9-18-16-20-10-19-15(17)21-16/h5-8,10-12H,4,9H2,1-3H3,(H3,17,18,19,20,21)/t11-,12+/m0/s1. The SMILES string of the molecule is CC[C@@H](C)Oc1ccc([C@@H](C)CNc2ncnc(N)n2)cc1. The largest absolute Gasteiger partial charge is 0.491 e. The summed E-state index contributed by atoms with van der Waals surface area (Å²) in [5, 5.41) is 3.17. The number of benzene rings is 1. The van der Waals surface area contributed by atoms with Crippen molar-refractivity contribution < 1.29 is 4.74 Å². The third-order valence-electron chi connectivity index (χ3n) is 3.52. The second-order valence-electron chi connectivity index (χ2n) is 5.35. The molecule has 118 valence electrons. The lowest BCUT2D eigenvalue weighted by Gasteiger charge is -2.15. The van der Waals surface area contributed by atoms with Crippen LogP contribution < -0.4 is 15.8 Å². The van der Waals surface area contributed by atoms with E-state index in [1.165, 1.54) is 11.9 Å². The highest BCUT2D eigenvalue weighted by molar-refractivity contribution is 5.32. The Hall–Kier alpha value is -2.37. The van der Waals surface area contributed by atoms with Crippen LogP contribution in [0, 0.1) is 0 Å². The van der Waals surface area contributed by atoms with Crippen LogP contribution in [0.3, 0.4) is 0 Å². The van der Waals surface area contributed by atoms with Gasteiger partial charge in [-0.3, -0.25) is 0 Å². The first-order valence-corrected chi connectivity index (χ1v) is 7.53. The van der Waals surface area contributed by atoms with Crippen molar-refractivity contribution in [1.82, 2.24) is 15.0 Å². The molecule has 0 saturated carbocycles. The molecule has 0 bridgehead atoms. The molecule has 0 unspecified atom stereocenters. The monoisotopic (exact) mass is 301 g/mol. The zero-order valence-corrected chi connectivity index (χ0v) is 13.3. The molecule has 0 amide bonds. The fraction of sp³-hybridized carbons (Fsp3) is 0.438. The molecule has 0 spiro atoms. The summed E-state index contributed by atoms with van der Waals surface area (Å²) in [6.07, 6.45) is 2.63. The summed E-state index contributed by atoms with van der Waals surface area (Å²) in [7, 11) is 0. The van der Waals surface area contributed by atoms with Crippen LogP contribution in [0.5, 0.6) is 5.75 Å². The zero-order chi connectivity index (χ0) is 15.9. The van der Waals surface area contributed by atoms with E-state index in [0.29, 0.717) is 11.9 Å². The van der Waals surface area contributed by atoms with E-state index >= 15 is 0 Å². The Labute approximate surface area is 131 Å². The van der Waals surface area contributed by atoms with Crippen molar-refractivity contribution in [1.29, 1.82) is 0 Å². The third kappa shape index (κ3) is 4.58. The molecular formula is C16H23N5O. The molecule has 6 heteroatoms. The van der Waals surface area contributed by atoms with Gasteiger partial charge in [-0.25, -0.2) is 9.97 Å². The van der Waals surface area contributed by atoms with Gasteiger partial charge in [0.25, 0.3) is 0 Å². The Balaban J connectivity index is 1.90. The van der Waals surface area contributed by atoms with Crippen LogP contribution in [0.4, 0.5) is 11.9 Å². The van der Waals surface area contributed by atoms with Crippen LogP contribution in [0.25, 0.3) is 0 Å². The molecule has 2 atom stereocenters. The Bertz CT molecular complexity index is 587. The number of ether oxygens (including phenoxy) is 1. The molecule has 0 aliphatic carbocycles. The average Bonchev–Trinajstić information content (AvgIpc) is 2.53. The van der Waals surface area contributed by atoms with E-state index in [0.717, 1.165) is 18.7 Å². The number of nitrogens with zero attached hydrogens (tertiary/aromatic N) is 3. The first kappa shape index (κ1) is 16.0. The van der Waals surface area contributed by atoms with Gasteiger partial charge in [0.1, 0.15) is 12.1 Å². The maximum absolute atomic E-state index is 5.78. The van der Waals surface area contributed by atoms with Crippen molar-refractivity contribution in [3.63, 3.8) is 0 Å². The number of hydrogen-bond donors (Lipinski definition) is 2. The summed E-state index contributed by atoms with van der Waals surface area (Å²) >= 11 is 0. The molecule has 0 radical (unpaired) electrons. The van der Waals surface area contributed by atoms with Crippen LogP contribution in [0.15, 0.2) is 30.6 Å². The predicted molar refractivity (Wildman–Crippen MR) is 88.0 cm³/mol. The van der Waals surface area contributed by atoms with Gasteiger partial charge in [0.05, 0.1) is 6.10 Å². The molecule has 1 aromatic heterocycles. The summed E-state index contributed by atoms with van der Waals surface area (Å²) in [4.78, 5) is 11.8. The van der Waals surface area contributed by atoms with Crippen molar-refractivity contribution in [2.24, 2.45) is 0 Å². The number of anilines is 2. The number of hydrogen-bond acceptors (Lipinski definition) is 6. The van der Waals surface area contributed by atoms with E-state index in [2.05, 4.69) is 53.2 Å². The predicted octanol–water partition coefficient (Wildman–Crippen LogP) is 2.85. The Morgan fingerprint density at radius 3 is 2.55 bits per heavy atom. The second-order valence-corrected chi connectivity index (χ2v) is 5.35. The minimum Gasteiger partial charge on any atom is -0.491 e. The van der Waals surface area contributed by atoms with Gasteiger partial charge in [-0.15, -0.1) is 0 Å². The molecule has 1 aromatic carbocycles. The number of aromatic nitrogens is 3. The van der Waals surface area contributed by atoms with E-state index in [1.54, 1.807) is 0 Å². The quantitative estimate of drug-likeness (QED) is 0.818. The molecule has 3 N–H and O–H groups in total. The van der Waals surface area contributed by atoms with Crippen LogP contribution >= 0.6 is 0 Å². The van der Waals surface area contributed by atoms with Crippen LogP contribution in [-0.2, 0) is 0 Å². The fourth-order valence-electron chi connectivity index (χ4n) is 1.95. The zero-order valence-electron chi connectivity index (χ0n) is 13.3. The fourth-order valence-corrected chi connectivity index (χ4v) is 1.95. The van der Waals surface area contributed by atoms with E-state index < -0.39 is 0 Å². The maximum Gasteiger partial charge on any atom is 0.227 e. The van der Waals surface area contributed by atoms with Crippen LogP contribution in [-0.4, -0.2) is 27.6 Å². The van der Waals surface area contributed by atoms with Crippen molar-refractivity contribution in [2.75, 3.05) is 17.6 Å². The minimum atomic E-state index is 0.219. The van der Waals surface area contributed by atoms with E-state index in [9.17, 15) is 0 Å².